The Hall–Kier alpha value is -8.98. The molecule has 0 radical (unpaired) electrons. The Morgan fingerprint density at radius 1 is 0.191 bits per heavy atom. The van der Waals surface area contributed by atoms with Crippen molar-refractivity contribution in [2.24, 2.45) is 0 Å². The molecule has 0 spiro atoms. The molecule has 2 heterocycles. The lowest BCUT2D eigenvalue weighted by molar-refractivity contribution is 1.18. The van der Waals surface area contributed by atoms with Gasteiger partial charge in [-0.2, -0.15) is 0 Å². The zero-order valence-electron chi connectivity index (χ0n) is 37.3. The second-order valence-electron chi connectivity index (χ2n) is 17.7. The average molecular weight is 865 g/mol. The first-order valence-electron chi connectivity index (χ1n) is 23.4. The minimum Gasteiger partial charge on any atom is -0.309 e. The van der Waals surface area contributed by atoms with E-state index in [1.54, 1.807) is 0 Å². The number of aromatic nitrogens is 2. The summed E-state index contributed by atoms with van der Waals surface area (Å²) in [4.78, 5) is 0. The summed E-state index contributed by atoms with van der Waals surface area (Å²) in [5.41, 5.74) is 21.2. The van der Waals surface area contributed by atoms with E-state index in [2.05, 4.69) is 276 Å². The highest BCUT2D eigenvalue weighted by Gasteiger charge is 2.24. The third-order valence-electron chi connectivity index (χ3n) is 13.7. The van der Waals surface area contributed by atoms with E-state index in [9.17, 15) is 0 Å². The summed E-state index contributed by atoms with van der Waals surface area (Å²) >= 11 is 0. The maximum atomic E-state index is 2.54. The van der Waals surface area contributed by atoms with E-state index in [0.717, 1.165) is 16.9 Å². The summed E-state index contributed by atoms with van der Waals surface area (Å²) in [6.45, 7) is 0. The highest BCUT2D eigenvalue weighted by molar-refractivity contribution is 6.20. The Balaban J connectivity index is 1.15. The van der Waals surface area contributed by atoms with Crippen LogP contribution in [0.4, 0.5) is 0 Å². The molecule has 13 aromatic rings. The maximum Gasteiger partial charge on any atom is 0.0620 e. The fourth-order valence-electron chi connectivity index (χ4n) is 10.6. The highest BCUT2D eigenvalue weighted by atomic mass is 15.0. The molecule has 0 aliphatic rings. The van der Waals surface area contributed by atoms with Crippen molar-refractivity contribution in [1.82, 2.24) is 9.13 Å². The van der Waals surface area contributed by atoms with Gasteiger partial charge in [0.15, 0.2) is 0 Å². The van der Waals surface area contributed by atoms with Gasteiger partial charge in [0.25, 0.3) is 0 Å². The van der Waals surface area contributed by atoms with Crippen molar-refractivity contribution in [2.45, 2.75) is 0 Å². The quantitative estimate of drug-likeness (QED) is 0.144. The molecule has 0 N–H and O–H groups in total. The lowest BCUT2D eigenvalue weighted by Gasteiger charge is -2.16. The van der Waals surface area contributed by atoms with E-state index in [1.807, 2.05) is 0 Å². The Labute approximate surface area is 395 Å². The molecule has 0 aliphatic carbocycles. The van der Waals surface area contributed by atoms with Crippen LogP contribution in [0, 0.1) is 0 Å². The van der Waals surface area contributed by atoms with E-state index in [0.29, 0.717) is 0 Å². The Bertz CT molecular complexity index is 3960. The summed E-state index contributed by atoms with van der Waals surface area (Å²) in [6.07, 6.45) is 0. The average Bonchev–Trinajstić information content (AvgIpc) is 3.94. The van der Waals surface area contributed by atoms with E-state index < -0.39 is 0 Å². The van der Waals surface area contributed by atoms with Crippen LogP contribution in [0.5, 0.6) is 0 Å². The standard InChI is InChI=1S/C66H44N2/c1-7-21-45(22-8-1)50-31-19-34-55(39-50)68-64-56(35-20-36-57(64)61-43-52(46-23-9-2-10-24-46)42-59(66(61)68)49-29-15-5-16-30-49)51-37-38-63-60(40-51)62-44-53(47-25-11-3-12-26-47)41-58(48-27-13-4-14-28-48)65(62)67(63)54-32-17-6-18-33-54/h1-44H. The molecule has 11 aromatic carbocycles. The van der Waals surface area contributed by atoms with Crippen LogP contribution in [-0.4, -0.2) is 9.13 Å². The van der Waals surface area contributed by atoms with Crippen molar-refractivity contribution in [3.05, 3.63) is 267 Å². The SMILES string of the molecule is c1ccc(-c2cccc(-n3c4c(-c5ccc6c(c5)c5cc(-c7ccccc7)cc(-c7ccccc7)c5n6-c5ccccc5)cccc4c4cc(-c5ccccc5)cc(-c5ccccc5)c43)c2)cc1. The van der Waals surface area contributed by atoms with Crippen LogP contribution < -0.4 is 0 Å². The van der Waals surface area contributed by atoms with Gasteiger partial charge in [0.1, 0.15) is 0 Å². The fourth-order valence-corrected chi connectivity index (χ4v) is 10.6. The molecule has 318 valence electrons. The van der Waals surface area contributed by atoms with Crippen LogP contribution in [0.2, 0.25) is 0 Å². The number of benzene rings is 11. The molecular formula is C66H44N2. The minimum atomic E-state index is 1.12. The molecule has 0 bridgehead atoms. The lowest BCUT2D eigenvalue weighted by Crippen LogP contribution is -1.98. The van der Waals surface area contributed by atoms with Gasteiger partial charge in [-0.25, -0.2) is 0 Å². The summed E-state index contributed by atoms with van der Waals surface area (Å²) in [5, 5.41) is 4.85. The number of fused-ring (bicyclic) bond motifs is 6. The maximum absolute atomic E-state index is 2.54. The fraction of sp³-hybridized carbons (Fsp3) is 0. The molecule has 2 nitrogen and oxygen atoms in total. The minimum absolute atomic E-state index is 1.12. The van der Waals surface area contributed by atoms with Gasteiger partial charge < -0.3 is 9.13 Å². The smallest absolute Gasteiger partial charge is 0.0620 e. The number of hydrogen-bond acceptors (Lipinski definition) is 0. The summed E-state index contributed by atoms with van der Waals surface area (Å²) < 4.78 is 5.01. The van der Waals surface area contributed by atoms with Crippen molar-refractivity contribution in [2.75, 3.05) is 0 Å². The van der Waals surface area contributed by atoms with Gasteiger partial charge in [0, 0.05) is 49.6 Å². The van der Waals surface area contributed by atoms with E-state index in [-0.39, 0.29) is 0 Å². The number of nitrogens with zero attached hydrogens (tertiary/aromatic N) is 2. The predicted octanol–water partition coefficient (Wildman–Crippen LogP) is 17.9. The van der Waals surface area contributed by atoms with Crippen LogP contribution >= 0.6 is 0 Å². The monoisotopic (exact) mass is 864 g/mol. The first-order chi connectivity index (χ1) is 33.7. The summed E-state index contributed by atoms with van der Waals surface area (Å²) in [5.74, 6) is 0. The zero-order valence-corrected chi connectivity index (χ0v) is 37.3. The molecule has 0 saturated carbocycles. The van der Waals surface area contributed by atoms with Gasteiger partial charge in [0.2, 0.25) is 0 Å². The predicted molar refractivity (Wildman–Crippen MR) is 288 cm³/mol. The van der Waals surface area contributed by atoms with Crippen molar-refractivity contribution >= 4 is 43.6 Å². The van der Waals surface area contributed by atoms with Gasteiger partial charge in [-0.1, -0.05) is 206 Å². The van der Waals surface area contributed by atoms with Crippen LogP contribution in [0.25, 0.3) is 122 Å². The molecule has 2 heteroatoms. The molecule has 0 amide bonds. The molecule has 0 saturated heterocycles. The van der Waals surface area contributed by atoms with Gasteiger partial charge in [-0.15, -0.1) is 0 Å². The Morgan fingerprint density at radius 3 is 1.16 bits per heavy atom. The normalized spacial score (nSPS) is 11.5. The molecule has 68 heavy (non-hydrogen) atoms. The van der Waals surface area contributed by atoms with Gasteiger partial charge in [0.05, 0.1) is 22.1 Å². The van der Waals surface area contributed by atoms with E-state index >= 15 is 0 Å². The third-order valence-corrected chi connectivity index (χ3v) is 13.7. The van der Waals surface area contributed by atoms with Crippen LogP contribution in [0.1, 0.15) is 0 Å². The number of para-hydroxylation sites is 2. The Morgan fingerprint density at radius 2 is 0.603 bits per heavy atom. The third kappa shape index (κ3) is 6.65. The van der Waals surface area contributed by atoms with E-state index in [4.69, 9.17) is 0 Å². The molecule has 2 aromatic heterocycles. The van der Waals surface area contributed by atoms with Crippen LogP contribution in [0.15, 0.2) is 267 Å². The summed E-state index contributed by atoms with van der Waals surface area (Å²) in [6, 6.07) is 97.6. The molecule has 0 fully saturated rings. The second-order valence-corrected chi connectivity index (χ2v) is 17.7. The number of hydrogen-bond donors (Lipinski definition) is 0. The van der Waals surface area contributed by atoms with Crippen molar-refractivity contribution in [1.29, 1.82) is 0 Å². The Kier molecular flexibility index (Phi) is 9.54. The zero-order chi connectivity index (χ0) is 45.0. The lowest BCUT2D eigenvalue weighted by atomic mass is 9.94. The first-order valence-corrected chi connectivity index (χ1v) is 23.4. The molecule has 13 rings (SSSR count). The van der Waals surface area contributed by atoms with Crippen molar-refractivity contribution < 1.29 is 0 Å². The highest BCUT2D eigenvalue weighted by Crippen LogP contribution is 2.47. The van der Waals surface area contributed by atoms with Gasteiger partial charge in [-0.3, -0.25) is 0 Å². The van der Waals surface area contributed by atoms with Crippen LogP contribution in [-0.2, 0) is 0 Å². The van der Waals surface area contributed by atoms with E-state index in [1.165, 1.54) is 105 Å². The summed E-state index contributed by atoms with van der Waals surface area (Å²) in [7, 11) is 0. The van der Waals surface area contributed by atoms with Crippen molar-refractivity contribution in [3.63, 3.8) is 0 Å². The topological polar surface area (TPSA) is 9.86 Å². The second kappa shape index (κ2) is 16.5. The largest absolute Gasteiger partial charge is 0.309 e. The first kappa shape index (κ1) is 39.4. The van der Waals surface area contributed by atoms with Crippen LogP contribution in [0.3, 0.4) is 0 Å². The molecule has 0 atom stereocenters. The number of rotatable bonds is 8. The molecule has 0 unspecified atom stereocenters. The van der Waals surface area contributed by atoms with Gasteiger partial charge >= 0.3 is 0 Å². The molecular weight excluding hydrogens is 821 g/mol. The van der Waals surface area contributed by atoms with Gasteiger partial charge in [-0.05, 0) is 111 Å². The van der Waals surface area contributed by atoms with Crippen molar-refractivity contribution in [3.8, 4) is 78.1 Å². The molecule has 0 aliphatic heterocycles.